The summed E-state index contributed by atoms with van der Waals surface area (Å²) >= 11 is 3.45. The Hall–Kier alpha value is -0.580. The van der Waals surface area contributed by atoms with E-state index < -0.39 is 0 Å². The van der Waals surface area contributed by atoms with E-state index in [1.165, 1.54) is 32.1 Å². The van der Waals surface area contributed by atoms with Crippen LogP contribution in [0.25, 0.3) is 0 Å². The zero-order valence-corrected chi connectivity index (χ0v) is 14.1. The summed E-state index contributed by atoms with van der Waals surface area (Å²) in [6.07, 6.45) is 6.64. The maximum atomic E-state index is 10.5. The van der Waals surface area contributed by atoms with E-state index in [-0.39, 0.29) is 0 Å². The highest BCUT2D eigenvalue weighted by Gasteiger charge is 2.32. The molecule has 1 saturated carbocycles. The van der Waals surface area contributed by atoms with Crippen LogP contribution in [0, 0.1) is 5.92 Å². The van der Waals surface area contributed by atoms with Crippen LogP contribution in [0.15, 0.2) is 22.7 Å². The van der Waals surface area contributed by atoms with Gasteiger partial charge in [0, 0.05) is 42.3 Å². The maximum absolute atomic E-state index is 10.5. The molecule has 1 heterocycles. The van der Waals surface area contributed by atoms with Crippen LogP contribution in [0.1, 0.15) is 43.7 Å². The van der Waals surface area contributed by atoms with E-state index in [1.54, 1.807) is 0 Å². The van der Waals surface area contributed by atoms with Gasteiger partial charge < -0.3 is 10.4 Å². The normalized spacial score (nSPS) is 23.1. The van der Waals surface area contributed by atoms with E-state index in [0.717, 1.165) is 36.2 Å². The molecule has 4 heteroatoms. The van der Waals surface area contributed by atoms with Crippen molar-refractivity contribution in [1.29, 1.82) is 0 Å². The van der Waals surface area contributed by atoms with Crippen molar-refractivity contribution in [3.63, 3.8) is 0 Å². The highest BCUT2D eigenvalue weighted by molar-refractivity contribution is 9.10. The summed E-state index contributed by atoms with van der Waals surface area (Å²) in [6.45, 7) is 4.27. The number of piperazine rings is 1. The molecule has 2 N–H and O–H groups in total. The zero-order valence-electron chi connectivity index (χ0n) is 12.5. The summed E-state index contributed by atoms with van der Waals surface area (Å²) in [5, 5.41) is 13.9. The first-order chi connectivity index (χ1) is 10.3. The lowest BCUT2D eigenvalue weighted by Gasteiger charge is -2.41. The zero-order chi connectivity index (χ0) is 14.7. The summed E-state index contributed by atoms with van der Waals surface area (Å²) in [4.78, 5) is 2.58. The number of rotatable bonds is 3. The first-order valence-electron chi connectivity index (χ1n) is 8.19. The van der Waals surface area contributed by atoms with Gasteiger partial charge in [0.05, 0.1) is 0 Å². The molecule has 0 spiro atoms. The molecule has 3 rings (SSSR count). The van der Waals surface area contributed by atoms with Crippen molar-refractivity contribution in [2.75, 3.05) is 26.2 Å². The van der Waals surface area contributed by atoms with Crippen LogP contribution >= 0.6 is 15.9 Å². The van der Waals surface area contributed by atoms with Crippen molar-refractivity contribution in [3.05, 3.63) is 28.2 Å². The molecule has 116 valence electrons. The Morgan fingerprint density at radius 1 is 1.14 bits per heavy atom. The van der Waals surface area contributed by atoms with Gasteiger partial charge in [-0.25, -0.2) is 0 Å². The van der Waals surface area contributed by atoms with Crippen LogP contribution < -0.4 is 5.32 Å². The van der Waals surface area contributed by atoms with Gasteiger partial charge in [0.25, 0.3) is 0 Å². The van der Waals surface area contributed by atoms with Crippen LogP contribution in [0.5, 0.6) is 5.75 Å². The lowest BCUT2D eigenvalue weighted by atomic mass is 9.80. The van der Waals surface area contributed by atoms with E-state index in [4.69, 9.17) is 0 Å². The molecule has 3 nitrogen and oxygen atoms in total. The molecule has 1 saturated heterocycles. The highest BCUT2D eigenvalue weighted by atomic mass is 79.9. The Morgan fingerprint density at radius 2 is 1.86 bits per heavy atom. The van der Waals surface area contributed by atoms with Crippen LogP contribution in [0.4, 0.5) is 0 Å². The largest absolute Gasteiger partial charge is 0.508 e. The van der Waals surface area contributed by atoms with Crippen LogP contribution in [0.2, 0.25) is 0 Å². The summed E-state index contributed by atoms with van der Waals surface area (Å²) in [5.41, 5.74) is 1.12. The molecule has 0 aromatic heterocycles. The Labute approximate surface area is 135 Å². The molecule has 1 atom stereocenters. The van der Waals surface area contributed by atoms with Crippen molar-refractivity contribution in [2.45, 2.75) is 38.1 Å². The fraction of sp³-hybridized carbons (Fsp3) is 0.647. The average molecular weight is 353 g/mol. The van der Waals surface area contributed by atoms with Crippen LogP contribution in [0.3, 0.4) is 0 Å². The predicted molar refractivity (Wildman–Crippen MR) is 89.6 cm³/mol. The summed E-state index contributed by atoms with van der Waals surface area (Å²) in [5.74, 6) is 1.13. The number of nitrogens with one attached hydrogen (secondary N) is 1. The number of hydrogen-bond acceptors (Lipinski definition) is 3. The van der Waals surface area contributed by atoms with Crippen molar-refractivity contribution in [1.82, 2.24) is 10.2 Å². The van der Waals surface area contributed by atoms with Crippen LogP contribution in [-0.4, -0.2) is 36.2 Å². The van der Waals surface area contributed by atoms with Crippen molar-refractivity contribution in [2.24, 2.45) is 5.92 Å². The molecule has 2 aliphatic rings. The second kappa shape index (κ2) is 7.12. The molecule has 1 aromatic rings. The molecule has 1 aromatic carbocycles. The smallest absolute Gasteiger partial charge is 0.121 e. The molecule has 0 bridgehead atoms. The molecule has 0 unspecified atom stereocenters. The third kappa shape index (κ3) is 3.61. The topological polar surface area (TPSA) is 35.5 Å². The minimum Gasteiger partial charge on any atom is -0.508 e. The molecule has 0 radical (unpaired) electrons. The van der Waals surface area contributed by atoms with Gasteiger partial charge in [-0.05, 0) is 30.9 Å². The van der Waals surface area contributed by atoms with E-state index >= 15 is 0 Å². The van der Waals surface area contributed by atoms with Crippen molar-refractivity contribution < 1.29 is 5.11 Å². The number of aromatic hydroxyl groups is 1. The van der Waals surface area contributed by atoms with Crippen LogP contribution in [-0.2, 0) is 0 Å². The SMILES string of the molecule is Oc1cc(Br)ccc1[C@@H](C1CCCCC1)N1CCNCC1. The van der Waals surface area contributed by atoms with E-state index in [2.05, 4.69) is 38.3 Å². The summed E-state index contributed by atoms with van der Waals surface area (Å²) < 4.78 is 0.950. The van der Waals surface area contributed by atoms with Gasteiger partial charge in [0.2, 0.25) is 0 Å². The van der Waals surface area contributed by atoms with E-state index in [9.17, 15) is 5.11 Å². The van der Waals surface area contributed by atoms with Crippen molar-refractivity contribution >= 4 is 15.9 Å². The minimum absolute atomic E-state index is 0.375. The van der Waals surface area contributed by atoms with Gasteiger partial charge in [-0.1, -0.05) is 41.3 Å². The summed E-state index contributed by atoms with van der Waals surface area (Å²) in [6, 6.07) is 6.39. The Balaban J connectivity index is 1.89. The first kappa shape index (κ1) is 15.3. The number of benzene rings is 1. The fourth-order valence-electron chi connectivity index (χ4n) is 3.93. The highest BCUT2D eigenvalue weighted by Crippen LogP contribution is 2.42. The fourth-order valence-corrected chi connectivity index (χ4v) is 4.27. The Morgan fingerprint density at radius 3 is 2.52 bits per heavy atom. The van der Waals surface area contributed by atoms with Gasteiger partial charge in [0.15, 0.2) is 0 Å². The average Bonchev–Trinajstić information content (AvgIpc) is 2.52. The lowest BCUT2D eigenvalue weighted by Crippen LogP contribution is -2.47. The molecule has 1 aliphatic heterocycles. The third-order valence-electron chi connectivity index (χ3n) is 4.95. The Kier molecular flexibility index (Phi) is 5.19. The second-order valence-corrected chi connectivity index (χ2v) is 7.25. The summed E-state index contributed by atoms with van der Waals surface area (Å²) in [7, 11) is 0. The molecule has 2 fully saturated rings. The monoisotopic (exact) mass is 352 g/mol. The predicted octanol–water partition coefficient (Wildman–Crippen LogP) is 3.68. The number of phenolic OH excluding ortho intramolecular Hbond substituents is 1. The molecular weight excluding hydrogens is 328 g/mol. The molecule has 0 amide bonds. The number of nitrogens with zero attached hydrogens (tertiary/aromatic N) is 1. The third-order valence-corrected chi connectivity index (χ3v) is 5.45. The lowest BCUT2D eigenvalue weighted by molar-refractivity contribution is 0.101. The van der Waals surface area contributed by atoms with E-state index in [1.807, 2.05) is 6.07 Å². The molecule has 1 aliphatic carbocycles. The minimum atomic E-state index is 0.375. The van der Waals surface area contributed by atoms with Gasteiger partial charge in [-0.15, -0.1) is 0 Å². The molecule has 21 heavy (non-hydrogen) atoms. The van der Waals surface area contributed by atoms with E-state index in [0.29, 0.717) is 17.7 Å². The van der Waals surface area contributed by atoms with Gasteiger partial charge in [-0.3, -0.25) is 4.90 Å². The first-order valence-corrected chi connectivity index (χ1v) is 8.98. The maximum Gasteiger partial charge on any atom is 0.121 e. The standard InChI is InChI=1S/C17H25BrN2O/c18-14-6-7-15(16(21)12-14)17(13-4-2-1-3-5-13)20-10-8-19-9-11-20/h6-7,12-13,17,19,21H,1-5,8-11H2/t17-/m1/s1. The van der Waals surface area contributed by atoms with Gasteiger partial charge in [-0.2, -0.15) is 0 Å². The number of phenols is 1. The second-order valence-electron chi connectivity index (χ2n) is 6.33. The van der Waals surface area contributed by atoms with Gasteiger partial charge >= 0.3 is 0 Å². The Bertz CT molecular complexity index is 450. The molecular formula is C17H25BrN2O. The number of halogens is 1. The quantitative estimate of drug-likeness (QED) is 0.870. The van der Waals surface area contributed by atoms with Crippen molar-refractivity contribution in [3.8, 4) is 5.75 Å². The number of hydrogen-bond donors (Lipinski definition) is 2. The van der Waals surface area contributed by atoms with Gasteiger partial charge in [0.1, 0.15) is 5.75 Å².